The number of para-hydroxylation sites is 1. The van der Waals surface area contributed by atoms with Crippen molar-refractivity contribution in [2.45, 2.75) is 6.92 Å². The minimum Gasteiger partial charge on any atom is -0.507 e. The molecule has 0 atom stereocenters. The number of phenols is 1. The molecule has 0 unspecified atom stereocenters. The number of carbonyl (C=O) groups is 1. The number of aromatic nitrogens is 3. The van der Waals surface area contributed by atoms with Crippen molar-refractivity contribution in [3.05, 3.63) is 29.8 Å². The molecule has 2 aromatic rings. The van der Waals surface area contributed by atoms with Crippen LogP contribution in [-0.4, -0.2) is 32.8 Å². The van der Waals surface area contributed by atoms with Crippen LogP contribution in [0.1, 0.15) is 17.3 Å². The number of phenolic OH excluding ortho intramolecular Hbond substituents is 1. The first-order chi connectivity index (χ1) is 8.70. The molecule has 94 valence electrons. The molecule has 18 heavy (non-hydrogen) atoms. The zero-order valence-corrected chi connectivity index (χ0v) is 9.67. The van der Waals surface area contributed by atoms with E-state index in [4.69, 9.17) is 4.74 Å². The molecule has 7 nitrogen and oxygen atoms in total. The average molecular weight is 248 g/mol. The molecule has 1 aromatic heterocycles. The zero-order valence-electron chi connectivity index (χ0n) is 9.67. The number of H-pyrrole nitrogens is 1. The molecule has 1 aromatic carbocycles. The molecule has 0 aliphatic carbocycles. The molecule has 0 saturated heterocycles. The van der Waals surface area contributed by atoms with Gasteiger partial charge in [-0.3, -0.25) is 10.1 Å². The topological polar surface area (TPSA) is 100 Å². The van der Waals surface area contributed by atoms with E-state index in [2.05, 4.69) is 20.5 Å². The quantitative estimate of drug-likeness (QED) is 0.753. The number of benzene rings is 1. The molecule has 7 heteroatoms. The van der Waals surface area contributed by atoms with Gasteiger partial charge in [0.05, 0.1) is 12.2 Å². The summed E-state index contributed by atoms with van der Waals surface area (Å²) < 4.78 is 5.04. The lowest BCUT2D eigenvalue weighted by atomic mass is 10.2. The van der Waals surface area contributed by atoms with E-state index < -0.39 is 5.91 Å². The number of carbonyl (C=O) groups excluding carboxylic acids is 1. The Morgan fingerprint density at radius 1 is 1.50 bits per heavy atom. The summed E-state index contributed by atoms with van der Waals surface area (Å²) in [6.45, 7) is 2.24. The van der Waals surface area contributed by atoms with Crippen LogP contribution in [0, 0.1) is 0 Å². The Balaban J connectivity index is 2.09. The van der Waals surface area contributed by atoms with Gasteiger partial charge in [0.15, 0.2) is 0 Å². The fourth-order valence-corrected chi connectivity index (χ4v) is 1.34. The minimum absolute atomic E-state index is 0.0976. The highest BCUT2D eigenvalue weighted by atomic mass is 16.5. The molecular weight excluding hydrogens is 236 g/mol. The number of aromatic amines is 1. The SMILES string of the molecule is CCOc1n[nH]c(NC(=O)c2ccccc2O)n1. The summed E-state index contributed by atoms with van der Waals surface area (Å²) in [4.78, 5) is 15.7. The Kier molecular flexibility index (Phi) is 3.42. The van der Waals surface area contributed by atoms with E-state index >= 15 is 0 Å². The third-order valence-corrected chi connectivity index (χ3v) is 2.12. The summed E-state index contributed by atoms with van der Waals surface area (Å²) in [6, 6.07) is 6.38. The van der Waals surface area contributed by atoms with Gasteiger partial charge in [0.25, 0.3) is 5.91 Å². The molecule has 0 aliphatic rings. The first kappa shape index (κ1) is 11.9. The van der Waals surface area contributed by atoms with Gasteiger partial charge in [-0.25, -0.2) is 5.10 Å². The lowest BCUT2D eigenvalue weighted by molar-refractivity contribution is 0.102. The lowest BCUT2D eigenvalue weighted by Crippen LogP contribution is -2.13. The lowest BCUT2D eigenvalue weighted by Gasteiger charge is -2.02. The smallest absolute Gasteiger partial charge is 0.337 e. The third kappa shape index (κ3) is 2.57. The van der Waals surface area contributed by atoms with Crippen molar-refractivity contribution in [3.8, 4) is 11.8 Å². The van der Waals surface area contributed by atoms with Gasteiger partial charge in [0, 0.05) is 0 Å². The van der Waals surface area contributed by atoms with Gasteiger partial charge in [-0.05, 0) is 19.1 Å². The predicted octanol–water partition coefficient (Wildman–Crippen LogP) is 1.16. The maximum Gasteiger partial charge on any atom is 0.337 e. The fourth-order valence-electron chi connectivity index (χ4n) is 1.34. The summed E-state index contributed by atoms with van der Waals surface area (Å²) in [7, 11) is 0. The molecule has 0 saturated carbocycles. The molecular formula is C11H12N4O3. The Labute approximate surface area is 103 Å². The van der Waals surface area contributed by atoms with Crippen LogP contribution in [0.15, 0.2) is 24.3 Å². The van der Waals surface area contributed by atoms with Crippen molar-refractivity contribution in [1.29, 1.82) is 0 Å². The number of hydrogen-bond donors (Lipinski definition) is 3. The summed E-state index contributed by atoms with van der Waals surface area (Å²) in [5.41, 5.74) is 0.159. The zero-order chi connectivity index (χ0) is 13.0. The molecule has 0 radical (unpaired) electrons. The number of aromatic hydroxyl groups is 1. The van der Waals surface area contributed by atoms with Crippen LogP contribution in [0.4, 0.5) is 5.95 Å². The Morgan fingerprint density at radius 2 is 2.28 bits per heavy atom. The fraction of sp³-hybridized carbons (Fsp3) is 0.182. The number of nitrogens with one attached hydrogen (secondary N) is 2. The predicted molar refractivity (Wildman–Crippen MR) is 63.6 cm³/mol. The molecule has 2 rings (SSSR count). The van der Waals surface area contributed by atoms with Gasteiger partial charge < -0.3 is 9.84 Å². The maximum atomic E-state index is 11.8. The third-order valence-electron chi connectivity index (χ3n) is 2.12. The monoisotopic (exact) mass is 248 g/mol. The molecule has 1 heterocycles. The molecule has 0 fully saturated rings. The Bertz CT molecular complexity index is 553. The van der Waals surface area contributed by atoms with E-state index in [1.54, 1.807) is 19.1 Å². The first-order valence-electron chi connectivity index (χ1n) is 5.35. The molecule has 0 spiro atoms. The number of ether oxygens (including phenoxy) is 1. The molecule has 0 aliphatic heterocycles. The van der Waals surface area contributed by atoms with E-state index in [1.165, 1.54) is 12.1 Å². The summed E-state index contributed by atoms with van der Waals surface area (Å²) >= 11 is 0. The van der Waals surface area contributed by atoms with E-state index in [1.807, 2.05) is 0 Å². The standard InChI is InChI=1S/C11H12N4O3/c1-2-18-11-13-10(14-15-11)12-9(17)7-5-3-4-6-8(7)16/h3-6,16H,2H2,1H3,(H2,12,13,14,15,17). The van der Waals surface area contributed by atoms with E-state index in [-0.39, 0.29) is 23.3 Å². The number of anilines is 1. The molecule has 1 amide bonds. The highest BCUT2D eigenvalue weighted by Crippen LogP contribution is 2.16. The van der Waals surface area contributed by atoms with E-state index in [0.717, 1.165) is 0 Å². The second-order valence-electron chi connectivity index (χ2n) is 3.37. The van der Waals surface area contributed by atoms with Gasteiger partial charge >= 0.3 is 6.01 Å². The van der Waals surface area contributed by atoms with Gasteiger partial charge in [0.2, 0.25) is 5.95 Å². The Hall–Kier alpha value is -2.57. The first-order valence-corrected chi connectivity index (χ1v) is 5.35. The van der Waals surface area contributed by atoms with Crippen LogP contribution in [0.3, 0.4) is 0 Å². The average Bonchev–Trinajstić information content (AvgIpc) is 2.77. The van der Waals surface area contributed by atoms with Crippen LogP contribution >= 0.6 is 0 Å². The summed E-state index contributed by atoms with van der Waals surface area (Å²) in [6.07, 6.45) is 0. The number of hydrogen-bond acceptors (Lipinski definition) is 5. The van der Waals surface area contributed by atoms with Crippen LogP contribution in [-0.2, 0) is 0 Å². The minimum atomic E-state index is -0.479. The van der Waals surface area contributed by atoms with Crippen molar-refractivity contribution < 1.29 is 14.6 Å². The largest absolute Gasteiger partial charge is 0.507 e. The van der Waals surface area contributed by atoms with Crippen LogP contribution in [0.25, 0.3) is 0 Å². The van der Waals surface area contributed by atoms with Gasteiger partial charge in [0.1, 0.15) is 5.75 Å². The van der Waals surface area contributed by atoms with E-state index in [0.29, 0.717) is 6.61 Å². The van der Waals surface area contributed by atoms with E-state index in [9.17, 15) is 9.90 Å². The number of rotatable bonds is 4. The van der Waals surface area contributed by atoms with Crippen molar-refractivity contribution >= 4 is 11.9 Å². The van der Waals surface area contributed by atoms with Crippen molar-refractivity contribution in [3.63, 3.8) is 0 Å². The second-order valence-corrected chi connectivity index (χ2v) is 3.37. The van der Waals surface area contributed by atoms with Crippen LogP contribution in [0.2, 0.25) is 0 Å². The highest BCUT2D eigenvalue weighted by Gasteiger charge is 2.12. The van der Waals surface area contributed by atoms with Crippen molar-refractivity contribution in [2.24, 2.45) is 0 Å². The highest BCUT2D eigenvalue weighted by molar-refractivity contribution is 6.05. The van der Waals surface area contributed by atoms with Crippen molar-refractivity contribution in [1.82, 2.24) is 15.2 Å². The Morgan fingerprint density at radius 3 is 3.00 bits per heavy atom. The summed E-state index contributed by atoms with van der Waals surface area (Å²) in [5.74, 6) is -0.418. The number of amides is 1. The number of nitrogens with zero attached hydrogens (tertiary/aromatic N) is 2. The van der Waals surface area contributed by atoms with Gasteiger partial charge in [-0.2, -0.15) is 4.98 Å². The maximum absolute atomic E-state index is 11.8. The van der Waals surface area contributed by atoms with Crippen LogP contribution < -0.4 is 10.1 Å². The van der Waals surface area contributed by atoms with Gasteiger partial charge in [-0.1, -0.05) is 12.1 Å². The molecule has 0 bridgehead atoms. The normalized spacial score (nSPS) is 10.1. The van der Waals surface area contributed by atoms with Crippen molar-refractivity contribution in [2.75, 3.05) is 11.9 Å². The van der Waals surface area contributed by atoms with Gasteiger partial charge in [-0.15, -0.1) is 5.10 Å². The van der Waals surface area contributed by atoms with Crippen LogP contribution in [0.5, 0.6) is 11.8 Å². The molecule has 3 N–H and O–H groups in total. The second kappa shape index (κ2) is 5.17. The summed E-state index contributed by atoms with van der Waals surface area (Å²) in [5, 5.41) is 18.2.